The highest BCUT2D eigenvalue weighted by molar-refractivity contribution is 5.81. The molecule has 0 aliphatic rings. The fraction of sp³-hybridized carbons (Fsp3) is 0.308. The number of anilines is 1. The first-order valence-corrected chi connectivity index (χ1v) is 6.12. The molecule has 6 nitrogen and oxygen atoms in total. The molecule has 2 rings (SSSR count). The number of nitrogens with one attached hydrogen (secondary N) is 1. The average Bonchev–Trinajstić information content (AvgIpc) is 2.93. The standard InChI is InChI=1S/C13H17N5O/c1-17(12-5-3-2-4-6-12)11-13(19)14-7-9-18-10-8-15-16-18/h2-6,8,10H,7,9,11H2,1H3,(H,14,19). The number of nitrogens with zero attached hydrogens (tertiary/aromatic N) is 4. The second kappa shape index (κ2) is 6.53. The fourth-order valence-electron chi connectivity index (χ4n) is 1.71. The van der Waals surface area contributed by atoms with E-state index in [4.69, 9.17) is 0 Å². The van der Waals surface area contributed by atoms with Gasteiger partial charge in [0.1, 0.15) is 0 Å². The smallest absolute Gasteiger partial charge is 0.239 e. The number of carbonyl (C=O) groups excluding carboxylic acids is 1. The molecule has 0 bridgehead atoms. The molecule has 0 spiro atoms. The Hall–Kier alpha value is -2.37. The molecule has 0 radical (unpaired) electrons. The van der Waals surface area contributed by atoms with E-state index in [2.05, 4.69) is 15.6 Å². The largest absolute Gasteiger partial charge is 0.365 e. The molecule has 0 atom stereocenters. The topological polar surface area (TPSA) is 63.1 Å². The monoisotopic (exact) mass is 259 g/mol. The van der Waals surface area contributed by atoms with Gasteiger partial charge in [0.15, 0.2) is 0 Å². The predicted molar refractivity (Wildman–Crippen MR) is 72.7 cm³/mol. The van der Waals surface area contributed by atoms with E-state index >= 15 is 0 Å². The van der Waals surface area contributed by atoms with E-state index in [0.29, 0.717) is 19.6 Å². The quantitative estimate of drug-likeness (QED) is 0.822. The maximum Gasteiger partial charge on any atom is 0.239 e. The van der Waals surface area contributed by atoms with E-state index < -0.39 is 0 Å². The van der Waals surface area contributed by atoms with Gasteiger partial charge in [-0.2, -0.15) is 0 Å². The zero-order chi connectivity index (χ0) is 13.5. The first-order valence-electron chi connectivity index (χ1n) is 6.12. The van der Waals surface area contributed by atoms with Crippen molar-refractivity contribution in [1.29, 1.82) is 0 Å². The molecule has 0 saturated heterocycles. The van der Waals surface area contributed by atoms with Crippen molar-refractivity contribution in [3.8, 4) is 0 Å². The lowest BCUT2D eigenvalue weighted by Gasteiger charge is -2.18. The molecule has 19 heavy (non-hydrogen) atoms. The second-order valence-electron chi connectivity index (χ2n) is 4.21. The van der Waals surface area contributed by atoms with Crippen molar-refractivity contribution in [2.24, 2.45) is 0 Å². The number of hydrogen-bond donors (Lipinski definition) is 1. The van der Waals surface area contributed by atoms with Crippen LogP contribution in [0.4, 0.5) is 5.69 Å². The number of para-hydroxylation sites is 1. The van der Waals surface area contributed by atoms with Gasteiger partial charge in [-0.15, -0.1) is 5.10 Å². The van der Waals surface area contributed by atoms with Crippen LogP contribution in [0.1, 0.15) is 0 Å². The minimum atomic E-state index is -0.00790. The summed E-state index contributed by atoms with van der Waals surface area (Å²) in [6, 6.07) is 9.81. The second-order valence-corrected chi connectivity index (χ2v) is 4.21. The summed E-state index contributed by atoms with van der Waals surface area (Å²) in [4.78, 5) is 13.7. The summed E-state index contributed by atoms with van der Waals surface area (Å²) < 4.78 is 1.68. The summed E-state index contributed by atoms with van der Waals surface area (Å²) in [5.41, 5.74) is 1.02. The molecular formula is C13H17N5O. The summed E-state index contributed by atoms with van der Waals surface area (Å²) in [6.07, 6.45) is 3.38. The van der Waals surface area contributed by atoms with Crippen LogP contribution in [0.2, 0.25) is 0 Å². The predicted octanol–water partition coefficient (Wildman–Crippen LogP) is 0.531. The highest BCUT2D eigenvalue weighted by Crippen LogP contribution is 2.09. The molecule has 0 unspecified atom stereocenters. The zero-order valence-corrected chi connectivity index (χ0v) is 10.9. The first kappa shape index (κ1) is 13.1. The Balaban J connectivity index is 1.72. The van der Waals surface area contributed by atoms with Gasteiger partial charge in [0.2, 0.25) is 5.91 Å². The fourth-order valence-corrected chi connectivity index (χ4v) is 1.71. The molecule has 1 amide bonds. The van der Waals surface area contributed by atoms with Crippen molar-refractivity contribution >= 4 is 11.6 Å². The molecule has 2 aromatic rings. The van der Waals surface area contributed by atoms with Crippen LogP contribution >= 0.6 is 0 Å². The Morgan fingerprint density at radius 3 is 2.84 bits per heavy atom. The lowest BCUT2D eigenvalue weighted by atomic mass is 10.3. The highest BCUT2D eigenvalue weighted by Gasteiger charge is 2.06. The van der Waals surface area contributed by atoms with E-state index in [1.165, 1.54) is 0 Å². The molecule has 100 valence electrons. The third kappa shape index (κ3) is 4.09. The van der Waals surface area contributed by atoms with E-state index in [1.54, 1.807) is 17.1 Å². The maximum absolute atomic E-state index is 11.8. The van der Waals surface area contributed by atoms with Gasteiger partial charge in [0.25, 0.3) is 0 Å². The van der Waals surface area contributed by atoms with Crippen molar-refractivity contribution in [1.82, 2.24) is 20.3 Å². The Labute approximate surface area is 112 Å². The number of aromatic nitrogens is 3. The van der Waals surface area contributed by atoms with Gasteiger partial charge in [0.05, 0.1) is 19.3 Å². The van der Waals surface area contributed by atoms with Crippen LogP contribution in [0, 0.1) is 0 Å². The summed E-state index contributed by atoms with van der Waals surface area (Å²) in [7, 11) is 1.90. The highest BCUT2D eigenvalue weighted by atomic mass is 16.2. The molecule has 0 aliphatic carbocycles. The molecule has 1 heterocycles. The number of amides is 1. The summed E-state index contributed by atoms with van der Waals surface area (Å²) in [6.45, 7) is 1.51. The van der Waals surface area contributed by atoms with Gasteiger partial charge in [0, 0.05) is 25.5 Å². The Morgan fingerprint density at radius 2 is 2.16 bits per heavy atom. The van der Waals surface area contributed by atoms with Crippen molar-refractivity contribution in [3.63, 3.8) is 0 Å². The molecule has 0 fully saturated rings. The van der Waals surface area contributed by atoms with Crippen LogP contribution in [0.25, 0.3) is 0 Å². The first-order chi connectivity index (χ1) is 9.25. The van der Waals surface area contributed by atoms with E-state index in [1.807, 2.05) is 42.3 Å². The van der Waals surface area contributed by atoms with Crippen molar-refractivity contribution in [2.45, 2.75) is 6.54 Å². The lowest BCUT2D eigenvalue weighted by Crippen LogP contribution is -2.36. The van der Waals surface area contributed by atoms with Crippen molar-refractivity contribution in [3.05, 3.63) is 42.7 Å². The van der Waals surface area contributed by atoms with Crippen LogP contribution < -0.4 is 10.2 Å². The van der Waals surface area contributed by atoms with Gasteiger partial charge in [-0.3, -0.25) is 9.48 Å². The molecular weight excluding hydrogens is 242 g/mol. The van der Waals surface area contributed by atoms with Gasteiger partial charge in [-0.1, -0.05) is 23.4 Å². The normalized spacial score (nSPS) is 10.2. The third-order valence-corrected chi connectivity index (χ3v) is 2.71. The SMILES string of the molecule is CN(CC(=O)NCCn1ccnn1)c1ccccc1. The number of carbonyl (C=O) groups is 1. The van der Waals surface area contributed by atoms with Gasteiger partial charge >= 0.3 is 0 Å². The summed E-state index contributed by atoms with van der Waals surface area (Å²) in [5, 5.41) is 10.4. The minimum Gasteiger partial charge on any atom is -0.365 e. The maximum atomic E-state index is 11.8. The van der Waals surface area contributed by atoms with Crippen LogP contribution in [0.3, 0.4) is 0 Å². The molecule has 0 saturated carbocycles. The minimum absolute atomic E-state index is 0.00790. The number of benzene rings is 1. The summed E-state index contributed by atoms with van der Waals surface area (Å²) >= 11 is 0. The van der Waals surface area contributed by atoms with Gasteiger partial charge < -0.3 is 10.2 Å². The van der Waals surface area contributed by atoms with Crippen LogP contribution in [0.5, 0.6) is 0 Å². The van der Waals surface area contributed by atoms with Crippen LogP contribution in [-0.4, -0.2) is 41.0 Å². The van der Waals surface area contributed by atoms with Crippen molar-refractivity contribution < 1.29 is 4.79 Å². The molecule has 6 heteroatoms. The van der Waals surface area contributed by atoms with Crippen LogP contribution in [0.15, 0.2) is 42.7 Å². The third-order valence-electron chi connectivity index (χ3n) is 2.71. The lowest BCUT2D eigenvalue weighted by molar-refractivity contribution is -0.119. The molecule has 1 aromatic heterocycles. The van der Waals surface area contributed by atoms with Crippen LogP contribution in [-0.2, 0) is 11.3 Å². The number of hydrogen-bond acceptors (Lipinski definition) is 4. The Morgan fingerprint density at radius 1 is 1.37 bits per heavy atom. The Kier molecular flexibility index (Phi) is 4.49. The van der Waals surface area contributed by atoms with E-state index in [9.17, 15) is 4.79 Å². The van der Waals surface area contributed by atoms with E-state index in [0.717, 1.165) is 5.69 Å². The zero-order valence-electron chi connectivity index (χ0n) is 10.9. The van der Waals surface area contributed by atoms with Gasteiger partial charge in [-0.05, 0) is 12.1 Å². The number of rotatable bonds is 6. The Bertz CT molecular complexity index is 497. The molecule has 0 aliphatic heterocycles. The molecule has 1 N–H and O–H groups in total. The number of likely N-dealkylation sites (N-methyl/N-ethyl adjacent to an activating group) is 1. The van der Waals surface area contributed by atoms with Gasteiger partial charge in [-0.25, -0.2) is 0 Å². The average molecular weight is 259 g/mol. The van der Waals surface area contributed by atoms with Crippen molar-refractivity contribution in [2.75, 3.05) is 25.0 Å². The van der Waals surface area contributed by atoms with E-state index in [-0.39, 0.29) is 5.91 Å². The summed E-state index contributed by atoms with van der Waals surface area (Å²) in [5.74, 6) is -0.00790. The molecule has 1 aromatic carbocycles.